The van der Waals surface area contributed by atoms with Gasteiger partial charge in [-0.15, -0.1) is 0 Å². The lowest BCUT2D eigenvalue weighted by molar-refractivity contribution is 0.0935. The number of rotatable bonds is 4. The summed E-state index contributed by atoms with van der Waals surface area (Å²) >= 11 is 0. The first-order valence-electron chi connectivity index (χ1n) is 6.57. The molecule has 0 aliphatic heterocycles. The van der Waals surface area contributed by atoms with E-state index in [0.717, 1.165) is 12.1 Å². The van der Waals surface area contributed by atoms with Gasteiger partial charge >= 0.3 is 0 Å². The summed E-state index contributed by atoms with van der Waals surface area (Å²) in [7, 11) is -3.79. The van der Waals surface area contributed by atoms with Crippen molar-refractivity contribution in [3.05, 3.63) is 65.2 Å². The fourth-order valence-corrected chi connectivity index (χ4v) is 2.49. The highest BCUT2D eigenvalue weighted by molar-refractivity contribution is 7.89. The molecule has 1 unspecified atom stereocenters. The largest absolute Gasteiger partial charge is 0.345 e. The van der Waals surface area contributed by atoms with Gasteiger partial charge in [-0.3, -0.25) is 4.79 Å². The summed E-state index contributed by atoms with van der Waals surface area (Å²) < 4.78 is 48.8. The normalized spacial score (nSPS) is 12.7. The smallest absolute Gasteiger partial charge is 0.254 e. The molecule has 0 heterocycles. The molecule has 1 amide bonds. The van der Waals surface area contributed by atoms with Crippen LogP contribution in [0.25, 0.3) is 0 Å². The van der Waals surface area contributed by atoms with Gasteiger partial charge in [0.05, 0.1) is 16.5 Å². The second-order valence-corrected chi connectivity index (χ2v) is 6.49. The molecule has 0 fully saturated rings. The molecule has 8 heteroatoms. The Labute approximate surface area is 132 Å². The van der Waals surface area contributed by atoms with Crippen molar-refractivity contribution in [2.75, 3.05) is 0 Å². The van der Waals surface area contributed by atoms with Gasteiger partial charge in [-0.05, 0) is 36.8 Å². The Morgan fingerprint density at radius 3 is 2.26 bits per heavy atom. The quantitative estimate of drug-likeness (QED) is 0.893. The molecule has 0 spiro atoms. The van der Waals surface area contributed by atoms with E-state index in [0.29, 0.717) is 11.6 Å². The third kappa shape index (κ3) is 4.11. The summed E-state index contributed by atoms with van der Waals surface area (Å²) in [6.07, 6.45) is 0. The Morgan fingerprint density at radius 2 is 1.74 bits per heavy atom. The number of hydrogen-bond acceptors (Lipinski definition) is 3. The van der Waals surface area contributed by atoms with Gasteiger partial charge in [0, 0.05) is 6.07 Å². The van der Waals surface area contributed by atoms with E-state index in [9.17, 15) is 22.0 Å². The number of primary sulfonamides is 1. The van der Waals surface area contributed by atoms with Crippen LogP contribution in [0, 0.1) is 11.6 Å². The summed E-state index contributed by atoms with van der Waals surface area (Å²) in [6, 6.07) is 7.76. The lowest BCUT2D eigenvalue weighted by Crippen LogP contribution is -2.27. The van der Waals surface area contributed by atoms with E-state index < -0.39 is 33.6 Å². The highest BCUT2D eigenvalue weighted by Crippen LogP contribution is 2.17. The van der Waals surface area contributed by atoms with Crippen molar-refractivity contribution in [3.8, 4) is 0 Å². The van der Waals surface area contributed by atoms with E-state index in [4.69, 9.17) is 5.14 Å². The molecule has 1 atom stereocenters. The molecular weight excluding hydrogens is 326 g/mol. The molecule has 0 bridgehead atoms. The van der Waals surface area contributed by atoms with Gasteiger partial charge in [-0.2, -0.15) is 0 Å². The first kappa shape index (κ1) is 17.0. The standard InChI is InChI=1S/C15H14F2N2O3S/c1-9(10-2-5-12(6-3-10)23(18,21)22)19-15(20)13-7-4-11(16)8-14(13)17/h2-9H,1H3,(H,19,20)(H2,18,21,22). The maximum absolute atomic E-state index is 13.6. The van der Waals surface area contributed by atoms with Crippen molar-refractivity contribution in [1.29, 1.82) is 0 Å². The van der Waals surface area contributed by atoms with Crippen LogP contribution >= 0.6 is 0 Å². The number of amides is 1. The van der Waals surface area contributed by atoms with E-state index in [1.807, 2.05) is 0 Å². The van der Waals surface area contributed by atoms with E-state index in [2.05, 4.69) is 5.32 Å². The molecule has 0 aliphatic carbocycles. The summed E-state index contributed by atoms with van der Waals surface area (Å²) in [5.41, 5.74) is 0.327. The molecule has 23 heavy (non-hydrogen) atoms. The number of benzene rings is 2. The topological polar surface area (TPSA) is 89.3 Å². The number of sulfonamides is 1. The van der Waals surface area contributed by atoms with Crippen molar-refractivity contribution >= 4 is 15.9 Å². The van der Waals surface area contributed by atoms with Gasteiger partial charge in [0.2, 0.25) is 10.0 Å². The molecule has 0 radical (unpaired) electrons. The Morgan fingerprint density at radius 1 is 1.13 bits per heavy atom. The van der Waals surface area contributed by atoms with Crippen LogP contribution in [-0.4, -0.2) is 14.3 Å². The second kappa shape index (κ2) is 6.43. The third-order valence-electron chi connectivity index (χ3n) is 3.23. The van der Waals surface area contributed by atoms with Crippen LogP contribution in [-0.2, 0) is 10.0 Å². The minimum atomic E-state index is -3.79. The van der Waals surface area contributed by atoms with E-state index in [1.54, 1.807) is 6.92 Å². The highest BCUT2D eigenvalue weighted by Gasteiger charge is 2.16. The molecule has 0 aromatic heterocycles. The van der Waals surface area contributed by atoms with Crippen LogP contribution < -0.4 is 10.5 Å². The maximum atomic E-state index is 13.6. The zero-order chi connectivity index (χ0) is 17.2. The molecule has 0 aliphatic rings. The summed E-state index contributed by atoms with van der Waals surface area (Å²) in [5, 5.41) is 7.55. The number of carbonyl (C=O) groups is 1. The molecule has 2 aromatic carbocycles. The van der Waals surface area contributed by atoms with Gasteiger partial charge in [0.15, 0.2) is 0 Å². The monoisotopic (exact) mass is 340 g/mol. The fourth-order valence-electron chi connectivity index (χ4n) is 1.98. The van der Waals surface area contributed by atoms with Crippen LogP contribution in [0.3, 0.4) is 0 Å². The molecule has 3 N–H and O–H groups in total. The van der Waals surface area contributed by atoms with Crippen molar-refractivity contribution in [2.45, 2.75) is 17.9 Å². The first-order chi connectivity index (χ1) is 10.7. The molecule has 2 aromatic rings. The summed E-state index contributed by atoms with van der Waals surface area (Å²) in [4.78, 5) is 11.9. The zero-order valence-corrected chi connectivity index (χ0v) is 12.9. The van der Waals surface area contributed by atoms with Crippen LogP contribution in [0.1, 0.15) is 28.9 Å². The Kier molecular flexibility index (Phi) is 4.76. The summed E-state index contributed by atoms with van der Waals surface area (Å²) in [6.45, 7) is 1.64. The van der Waals surface area contributed by atoms with E-state index >= 15 is 0 Å². The molecule has 5 nitrogen and oxygen atoms in total. The van der Waals surface area contributed by atoms with E-state index in [1.165, 1.54) is 24.3 Å². The maximum Gasteiger partial charge on any atom is 0.254 e. The minimum Gasteiger partial charge on any atom is -0.345 e. The van der Waals surface area contributed by atoms with Gasteiger partial charge in [-0.1, -0.05) is 12.1 Å². The minimum absolute atomic E-state index is 0.0515. The number of carbonyl (C=O) groups excluding carboxylic acids is 1. The Hall–Kier alpha value is -2.32. The third-order valence-corrected chi connectivity index (χ3v) is 4.16. The lowest BCUT2D eigenvalue weighted by Gasteiger charge is -2.15. The zero-order valence-electron chi connectivity index (χ0n) is 12.1. The predicted molar refractivity (Wildman–Crippen MR) is 80.1 cm³/mol. The van der Waals surface area contributed by atoms with Gasteiger partial charge < -0.3 is 5.32 Å². The molecule has 2 rings (SSSR count). The van der Waals surface area contributed by atoms with Crippen molar-refractivity contribution in [2.24, 2.45) is 5.14 Å². The average molecular weight is 340 g/mol. The fraction of sp³-hybridized carbons (Fsp3) is 0.133. The number of nitrogens with two attached hydrogens (primary N) is 1. The van der Waals surface area contributed by atoms with Gasteiger partial charge in [0.1, 0.15) is 11.6 Å². The lowest BCUT2D eigenvalue weighted by atomic mass is 10.1. The predicted octanol–water partition coefficient (Wildman–Crippen LogP) is 2.10. The van der Waals surface area contributed by atoms with Gasteiger partial charge in [-0.25, -0.2) is 22.3 Å². The summed E-state index contributed by atoms with van der Waals surface area (Å²) in [5.74, 6) is -2.43. The van der Waals surface area contributed by atoms with Crippen molar-refractivity contribution < 1.29 is 22.0 Å². The molecule has 122 valence electrons. The van der Waals surface area contributed by atoms with E-state index in [-0.39, 0.29) is 10.5 Å². The van der Waals surface area contributed by atoms with Crippen LogP contribution in [0.5, 0.6) is 0 Å². The van der Waals surface area contributed by atoms with Gasteiger partial charge in [0.25, 0.3) is 5.91 Å². The SMILES string of the molecule is CC(NC(=O)c1ccc(F)cc1F)c1ccc(S(N)(=O)=O)cc1. The second-order valence-electron chi connectivity index (χ2n) is 4.93. The Balaban J connectivity index is 2.15. The van der Waals surface area contributed by atoms with Crippen molar-refractivity contribution in [1.82, 2.24) is 5.32 Å². The number of hydrogen-bond donors (Lipinski definition) is 2. The number of halogens is 2. The molecule has 0 saturated carbocycles. The van der Waals surface area contributed by atoms with Crippen LogP contribution in [0.2, 0.25) is 0 Å². The average Bonchev–Trinajstić information content (AvgIpc) is 2.46. The molecular formula is C15H14F2N2O3S. The Bertz CT molecular complexity index is 836. The number of nitrogens with one attached hydrogen (secondary N) is 1. The first-order valence-corrected chi connectivity index (χ1v) is 8.12. The molecule has 0 saturated heterocycles. The van der Waals surface area contributed by atoms with Crippen molar-refractivity contribution in [3.63, 3.8) is 0 Å². The van der Waals surface area contributed by atoms with Crippen LogP contribution in [0.4, 0.5) is 8.78 Å². The highest BCUT2D eigenvalue weighted by atomic mass is 32.2. The van der Waals surface area contributed by atoms with Crippen LogP contribution in [0.15, 0.2) is 47.4 Å².